The summed E-state index contributed by atoms with van der Waals surface area (Å²) in [6.45, 7) is 2.98. The first-order valence-electron chi connectivity index (χ1n) is 7.66. The van der Waals surface area contributed by atoms with Crippen LogP contribution < -0.4 is 9.62 Å². The van der Waals surface area contributed by atoms with Crippen molar-refractivity contribution in [2.75, 3.05) is 23.7 Å². The van der Waals surface area contributed by atoms with Crippen LogP contribution in [0.2, 0.25) is 0 Å². The molecule has 0 unspecified atom stereocenters. The van der Waals surface area contributed by atoms with Gasteiger partial charge in [0.2, 0.25) is 10.0 Å². The van der Waals surface area contributed by atoms with Crippen LogP contribution in [0.15, 0.2) is 24.4 Å². The molecule has 1 saturated heterocycles. The lowest BCUT2D eigenvalue weighted by Gasteiger charge is -2.32. The minimum Gasteiger partial charge on any atom is -0.354 e. The number of hydrogen-bond acceptors (Lipinski definition) is 5. The molecule has 0 aliphatic carbocycles. The number of aromatic nitrogens is 2. The molecule has 0 spiro atoms. The van der Waals surface area contributed by atoms with E-state index in [1.54, 1.807) is 11.3 Å². The van der Waals surface area contributed by atoms with Gasteiger partial charge in [0.15, 0.2) is 11.5 Å². The van der Waals surface area contributed by atoms with Crippen molar-refractivity contribution in [3.63, 3.8) is 0 Å². The first-order chi connectivity index (χ1) is 11.0. The maximum atomic E-state index is 11.7. The summed E-state index contributed by atoms with van der Waals surface area (Å²) in [6, 6.07) is 7.80. The van der Waals surface area contributed by atoms with E-state index in [0.717, 1.165) is 5.65 Å². The maximum Gasteiger partial charge on any atom is 0.211 e. The van der Waals surface area contributed by atoms with Crippen LogP contribution in [0.25, 0.3) is 5.65 Å². The fraction of sp³-hybridized carbons (Fsp3) is 0.467. The average Bonchev–Trinajstić information content (AvgIpc) is 2.93. The summed E-state index contributed by atoms with van der Waals surface area (Å²) in [6.07, 6.45) is 3.24. The van der Waals surface area contributed by atoms with Crippen LogP contribution >= 0.6 is 0 Å². The van der Waals surface area contributed by atoms with Crippen molar-refractivity contribution in [1.82, 2.24) is 14.1 Å². The first-order valence-corrected chi connectivity index (χ1v) is 9.31. The van der Waals surface area contributed by atoms with Crippen molar-refractivity contribution in [2.45, 2.75) is 25.8 Å². The molecule has 3 heterocycles. The Morgan fingerprint density at radius 3 is 2.78 bits per heavy atom. The van der Waals surface area contributed by atoms with Crippen molar-refractivity contribution in [3.8, 4) is 6.07 Å². The van der Waals surface area contributed by atoms with E-state index in [0.29, 0.717) is 37.4 Å². The Bertz CT molecular complexity index is 844. The molecule has 0 aromatic carbocycles. The lowest BCUT2D eigenvalue weighted by atomic mass is 10.1. The molecule has 2 aromatic rings. The van der Waals surface area contributed by atoms with Crippen LogP contribution in [0.1, 0.15) is 25.5 Å². The van der Waals surface area contributed by atoms with Gasteiger partial charge in [-0.1, -0.05) is 6.07 Å². The second kappa shape index (κ2) is 6.18. The van der Waals surface area contributed by atoms with E-state index >= 15 is 0 Å². The highest BCUT2D eigenvalue weighted by Crippen LogP contribution is 2.24. The van der Waals surface area contributed by atoms with Gasteiger partial charge in [-0.25, -0.2) is 18.1 Å². The van der Waals surface area contributed by atoms with Gasteiger partial charge in [-0.3, -0.25) is 4.40 Å². The number of hydrogen-bond donors (Lipinski definition) is 1. The zero-order valence-electron chi connectivity index (χ0n) is 12.9. The molecule has 0 amide bonds. The van der Waals surface area contributed by atoms with E-state index in [1.807, 2.05) is 24.4 Å². The van der Waals surface area contributed by atoms with Crippen LogP contribution in [0.4, 0.5) is 5.82 Å². The molecular formula is C15H19N5O2S. The molecule has 0 bridgehead atoms. The zero-order valence-corrected chi connectivity index (χ0v) is 13.8. The fourth-order valence-corrected chi connectivity index (χ4v) is 3.76. The van der Waals surface area contributed by atoms with Crippen LogP contribution in [0.3, 0.4) is 0 Å². The molecule has 23 heavy (non-hydrogen) atoms. The maximum absolute atomic E-state index is 11.7. The van der Waals surface area contributed by atoms with Gasteiger partial charge >= 0.3 is 0 Å². The van der Waals surface area contributed by atoms with Gasteiger partial charge < -0.3 is 4.90 Å². The minimum atomic E-state index is -3.18. The number of nitrogens with zero attached hydrogens (tertiary/aromatic N) is 4. The van der Waals surface area contributed by atoms with Crippen molar-refractivity contribution in [2.24, 2.45) is 0 Å². The van der Waals surface area contributed by atoms with Crippen molar-refractivity contribution < 1.29 is 8.42 Å². The van der Waals surface area contributed by atoms with E-state index in [2.05, 4.69) is 20.7 Å². The van der Waals surface area contributed by atoms with E-state index in [4.69, 9.17) is 0 Å². The van der Waals surface area contributed by atoms with E-state index < -0.39 is 10.0 Å². The van der Waals surface area contributed by atoms with Crippen molar-refractivity contribution >= 4 is 21.5 Å². The smallest absolute Gasteiger partial charge is 0.211 e. The number of fused-ring (bicyclic) bond motifs is 1. The Balaban J connectivity index is 1.77. The van der Waals surface area contributed by atoms with Gasteiger partial charge in [0.1, 0.15) is 11.7 Å². The van der Waals surface area contributed by atoms with Gasteiger partial charge in [-0.2, -0.15) is 5.26 Å². The third kappa shape index (κ3) is 3.16. The highest BCUT2D eigenvalue weighted by Gasteiger charge is 2.26. The molecule has 3 rings (SSSR count). The SMILES string of the molecule is CCS(=O)(=O)NC1CCN(c2nc3ccccn3c2C#N)CC1. The largest absolute Gasteiger partial charge is 0.354 e. The van der Waals surface area contributed by atoms with Crippen LogP contribution in [-0.2, 0) is 10.0 Å². The van der Waals surface area contributed by atoms with Gasteiger partial charge in [0, 0.05) is 25.3 Å². The Morgan fingerprint density at radius 1 is 1.39 bits per heavy atom. The number of nitrogens with one attached hydrogen (secondary N) is 1. The van der Waals surface area contributed by atoms with E-state index in [9.17, 15) is 13.7 Å². The predicted octanol–water partition coefficient (Wildman–Crippen LogP) is 1.11. The standard InChI is InChI=1S/C15H19N5O2S/c1-2-23(21,22)18-12-6-9-19(10-7-12)15-13(11-16)20-8-4-3-5-14(20)17-15/h3-5,8,12,18H,2,6-7,9-10H2,1H3. The summed E-state index contributed by atoms with van der Waals surface area (Å²) in [4.78, 5) is 6.61. The molecule has 2 aromatic heterocycles. The number of imidazole rings is 1. The number of rotatable bonds is 4. The third-order valence-corrected chi connectivity index (χ3v) is 5.59. The zero-order chi connectivity index (χ0) is 16.4. The summed E-state index contributed by atoms with van der Waals surface area (Å²) in [7, 11) is -3.18. The molecule has 1 aliphatic rings. The number of sulfonamides is 1. The third-order valence-electron chi connectivity index (χ3n) is 4.14. The van der Waals surface area contributed by atoms with Crippen LogP contribution in [0, 0.1) is 11.3 Å². The highest BCUT2D eigenvalue weighted by atomic mass is 32.2. The minimum absolute atomic E-state index is 0.0428. The molecule has 1 fully saturated rings. The molecular weight excluding hydrogens is 314 g/mol. The Morgan fingerprint density at radius 2 is 2.13 bits per heavy atom. The number of pyridine rings is 1. The topological polar surface area (TPSA) is 90.5 Å². The van der Waals surface area contributed by atoms with E-state index in [-0.39, 0.29) is 11.8 Å². The summed E-state index contributed by atoms with van der Waals surface area (Å²) in [5.74, 6) is 0.772. The first kappa shape index (κ1) is 15.8. The normalized spacial score (nSPS) is 16.6. The predicted molar refractivity (Wildman–Crippen MR) is 87.7 cm³/mol. The van der Waals surface area contributed by atoms with Crippen molar-refractivity contribution in [3.05, 3.63) is 30.1 Å². The Hall–Kier alpha value is -2.11. The summed E-state index contributed by atoms with van der Waals surface area (Å²) in [5.41, 5.74) is 1.26. The highest BCUT2D eigenvalue weighted by molar-refractivity contribution is 7.89. The summed E-state index contributed by atoms with van der Waals surface area (Å²) < 4.78 is 27.8. The molecule has 1 aliphatic heterocycles. The monoisotopic (exact) mass is 333 g/mol. The second-order valence-corrected chi connectivity index (χ2v) is 7.65. The fourth-order valence-electron chi connectivity index (χ4n) is 2.85. The molecule has 8 heteroatoms. The Labute approximate surface area is 135 Å². The molecule has 0 radical (unpaired) electrons. The van der Waals surface area contributed by atoms with Crippen LogP contribution in [-0.4, -0.2) is 42.7 Å². The number of anilines is 1. The second-order valence-electron chi connectivity index (χ2n) is 5.61. The molecule has 122 valence electrons. The number of piperidine rings is 1. The molecule has 0 saturated carbocycles. The lowest BCUT2D eigenvalue weighted by molar-refractivity contribution is 0.459. The summed E-state index contributed by atoms with van der Waals surface area (Å²) >= 11 is 0. The van der Waals surface area contributed by atoms with Gasteiger partial charge in [0.25, 0.3) is 0 Å². The lowest BCUT2D eigenvalue weighted by Crippen LogP contribution is -2.45. The molecule has 1 N–H and O–H groups in total. The quantitative estimate of drug-likeness (QED) is 0.905. The van der Waals surface area contributed by atoms with Gasteiger partial charge in [0.05, 0.1) is 5.75 Å². The van der Waals surface area contributed by atoms with Crippen LogP contribution in [0.5, 0.6) is 0 Å². The van der Waals surface area contributed by atoms with E-state index in [1.165, 1.54) is 0 Å². The number of nitriles is 1. The van der Waals surface area contributed by atoms with Crippen molar-refractivity contribution in [1.29, 1.82) is 5.26 Å². The molecule has 0 atom stereocenters. The van der Waals surface area contributed by atoms with Gasteiger partial charge in [-0.15, -0.1) is 0 Å². The average molecular weight is 333 g/mol. The Kier molecular flexibility index (Phi) is 4.24. The molecule has 7 nitrogen and oxygen atoms in total. The van der Waals surface area contributed by atoms with Gasteiger partial charge in [-0.05, 0) is 31.9 Å². The summed E-state index contributed by atoms with van der Waals surface area (Å²) in [5, 5.41) is 9.44.